The maximum absolute atomic E-state index is 12.4. The van der Waals surface area contributed by atoms with Crippen LogP contribution in [0, 0.1) is 25.2 Å². The van der Waals surface area contributed by atoms with Crippen molar-refractivity contribution in [2.45, 2.75) is 20.4 Å². The van der Waals surface area contributed by atoms with E-state index in [1.807, 2.05) is 56.3 Å². The number of hydrogen-bond acceptors (Lipinski definition) is 4. The van der Waals surface area contributed by atoms with Crippen LogP contribution in [0.4, 0.5) is 5.69 Å². The first-order chi connectivity index (χ1) is 13.1. The first kappa shape index (κ1) is 19.1. The second-order valence-corrected chi connectivity index (χ2v) is 7.14. The molecule has 0 atom stereocenters. The average Bonchev–Trinajstić information content (AvgIpc) is 2.67. The second kappa shape index (κ2) is 8.81. The van der Waals surface area contributed by atoms with Gasteiger partial charge in [0.25, 0.3) is 0 Å². The van der Waals surface area contributed by atoms with Crippen molar-refractivity contribution in [3.05, 3.63) is 64.7 Å². The number of anilines is 1. The Morgan fingerprint density at radius 1 is 1.00 bits per heavy atom. The minimum Gasteiger partial charge on any atom is -0.324 e. The fourth-order valence-electron chi connectivity index (χ4n) is 3.51. The Hall–Kier alpha value is -2.68. The minimum absolute atomic E-state index is 0.0377. The molecule has 0 unspecified atom stereocenters. The lowest BCUT2D eigenvalue weighted by molar-refractivity contribution is -0.117. The summed E-state index contributed by atoms with van der Waals surface area (Å²) in [7, 11) is 0. The monoisotopic (exact) mass is 362 g/mol. The Morgan fingerprint density at radius 3 is 2.30 bits per heavy atom. The summed E-state index contributed by atoms with van der Waals surface area (Å²) >= 11 is 0. The topological polar surface area (TPSA) is 59.4 Å². The van der Waals surface area contributed by atoms with Gasteiger partial charge in [0.2, 0.25) is 5.91 Å². The number of para-hydroxylation sites is 1. The lowest BCUT2D eigenvalue weighted by Crippen LogP contribution is -2.48. The SMILES string of the molecule is Cc1cccc(C)c1NC(=O)CN1CCN(Cc2ccccc2C#N)CC1. The highest BCUT2D eigenvalue weighted by Gasteiger charge is 2.20. The fraction of sp³-hybridized carbons (Fsp3) is 0.364. The van der Waals surface area contributed by atoms with E-state index in [1.54, 1.807) is 0 Å². The number of rotatable bonds is 5. The van der Waals surface area contributed by atoms with Crippen LogP contribution in [0.15, 0.2) is 42.5 Å². The molecule has 5 nitrogen and oxygen atoms in total. The number of nitrogens with zero attached hydrogens (tertiary/aromatic N) is 3. The van der Waals surface area contributed by atoms with Gasteiger partial charge in [-0.1, -0.05) is 36.4 Å². The zero-order valence-electron chi connectivity index (χ0n) is 16.0. The van der Waals surface area contributed by atoms with Gasteiger partial charge in [-0.25, -0.2) is 0 Å². The molecule has 0 aliphatic carbocycles. The maximum atomic E-state index is 12.4. The van der Waals surface area contributed by atoms with Crippen molar-refractivity contribution in [1.82, 2.24) is 9.80 Å². The Balaban J connectivity index is 1.49. The molecule has 1 saturated heterocycles. The van der Waals surface area contributed by atoms with Gasteiger partial charge in [0.15, 0.2) is 0 Å². The number of hydrogen-bond donors (Lipinski definition) is 1. The molecule has 1 fully saturated rings. The zero-order valence-corrected chi connectivity index (χ0v) is 16.0. The third-order valence-electron chi connectivity index (χ3n) is 5.11. The van der Waals surface area contributed by atoms with E-state index in [9.17, 15) is 10.1 Å². The van der Waals surface area contributed by atoms with E-state index in [2.05, 4.69) is 21.2 Å². The molecular weight excluding hydrogens is 336 g/mol. The molecule has 1 aliphatic rings. The first-order valence-electron chi connectivity index (χ1n) is 9.35. The molecule has 27 heavy (non-hydrogen) atoms. The van der Waals surface area contributed by atoms with Crippen LogP contribution >= 0.6 is 0 Å². The lowest BCUT2D eigenvalue weighted by Gasteiger charge is -2.34. The van der Waals surface area contributed by atoms with E-state index >= 15 is 0 Å². The van der Waals surface area contributed by atoms with Gasteiger partial charge in [0.05, 0.1) is 18.2 Å². The number of nitriles is 1. The molecule has 1 heterocycles. The Morgan fingerprint density at radius 2 is 1.63 bits per heavy atom. The molecule has 5 heteroatoms. The Labute approximate surface area is 161 Å². The van der Waals surface area contributed by atoms with E-state index < -0.39 is 0 Å². The first-order valence-corrected chi connectivity index (χ1v) is 9.35. The van der Waals surface area contributed by atoms with E-state index in [4.69, 9.17) is 0 Å². The summed E-state index contributed by atoms with van der Waals surface area (Å²) < 4.78 is 0. The van der Waals surface area contributed by atoms with E-state index in [0.29, 0.717) is 6.54 Å². The van der Waals surface area contributed by atoms with E-state index in [0.717, 1.165) is 60.7 Å². The van der Waals surface area contributed by atoms with Crippen LogP contribution in [-0.2, 0) is 11.3 Å². The summed E-state index contributed by atoms with van der Waals surface area (Å²) in [4.78, 5) is 17.0. The molecule has 0 spiro atoms. The number of benzene rings is 2. The quantitative estimate of drug-likeness (QED) is 0.888. The van der Waals surface area contributed by atoms with Gasteiger partial charge in [0.1, 0.15) is 0 Å². The largest absolute Gasteiger partial charge is 0.324 e. The van der Waals surface area contributed by atoms with Gasteiger partial charge in [-0.2, -0.15) is 5.26 Å². The van der Waals surface area contributed by atoms with Crippen LogP contribution in [0.3, 0.4) is 0 Å². The number of carbonyl (C=O) groups is 1. The molecule has 1 aliphatic heterocycles. The standard InChI is InChI=1S/C22H26N4O/c1-17-6-5-7-18(2)22(17)24-21(27)16-26-12-10-25(11-13-26)15-20-9-4-3-8-19(20)14-23/h3-9H,10-13,15-16H2,1-2H3,(H,24,27). The Bertz CT molecular complexity index is 827. The minimum atomic E-state index is 0.0377. The number of carbonyl (C=O) groups excluding carboxylic acids is 1. The van der Waals surface area contributed by atoms with Gasteiger partial charge < -0.3 is 5.32 Å². The summed E-state index contributed by atoms with van der Waals surface area (Å²) in [5.74, 6) is 0.0377. The van der Waals surface area contributed by atoms with Crippen LogP contribution in [0.2, 0.25) is 0 Å². The van der Waals surface area contributed by atoms with Crippen LogP contribution in [0.1, 0.15) is 22.3 Å². The molecular formula is C22H26N4O. The van der Waals surface area contributed by atoms with Crippen molar-refractivity contribution < 1.29 is 4.79 Å². The molecule has 1 amide bonds. The third-order valence-corrected chi connectivity index (χ3v) is 5.11. The lowest BCUT2D eigenvalue weighted by atomic mass is 10.1. The molecule has 140 valence electrons. The van der Waals surface area contributed by atoms with Crippen LogP contribution in [0.5, 0.6) is 0 Å². The van der Waals surface area contributed by atoms with Crippen LogP contribution < -0.4 is 5.32 Å². The molecule has 0 radical (unpaired) electrons. The van der Waals surface area contributed by atoms with Crippen molar-refractivity contribution in [2.75, 3.05) is 38.0 Å². The van der Waals surface area contributed by atoms with Crippen LogP contribution in [-0.4, -0.2) is 48.4 Å². The average molecular weight is 362 g/mol. The zero-order chi connectivity index (χ0) is 19.2. The highest BCUT2D eigenvalue weighted by Crippen LogP contribution is 2.19. The van der Waals surface area contributed by atoms with Crippen molar-refractivity contribution in [1.29, 1.82) is 5.26 Å². The molecule has 2 aromatic carbocycles. The Kier molecular flexibility index (Phi) is 6.23. The van der Waals surface area contributed by atoms with E-state index in [1.165, 1.54) is 0 Å². The molecule has 0 saturated carbocycles. The fourth-order valence-corrected chi connectivity index (χ4v) is 3.51. The maximum Gasteiger partial charge on any atom is 0.238 e. The van der Waals surface area contributed by atoms with E-state index in [-0.39, 0.29) is 5.91 Å². The predicted molar refractivity (Wildman–Crippen MR) is 107 cm³/mol. The van der Waals surface area contributed by atoms with Crippen LogP contribution in [0.25, 0.3) is 0 Å². The number of aryl methyl sites for hydroxylation is 2. The number of amides is 1. The highest BCUT2D eigenvalue weighted by atomic mass is 16.2. The smallest absolute Gasteiger partial charge is 0.238 e. The number of piperazine rings is 1. The summed E-state index contributed by atoms with van der Waals surface area (Å²) in [5.41, 5.74) is 4.91. The van der Waals surface area contributed by atoms with Gasteiger partial charge in [0, 0.05) is 38.4 Å². The summed E-state index contributed by atoms with van der Waals surface area (Å²) in [6, 6.07) is 16.1. The molecule has 3 rings (SSSR count). The van der Waals surface area contributed by atoms with Crippen molar-refractivity contribution in [3.8, 4) is 6.07 Å². The highest BCUT2D eigenvalue weighted by molar-refractivity contribution is 5.93. The van der Waals surface area contributed by atoms with Gasteiger partial charge in [-0.3, -0.25) is 14.6 Å². The van der Waals surface area contributed by atoms with Gasteiger partial charge in [-0.05, 0) is 36.6 Å². The normalized spacial score (nSPS) is 15.3. The van der Waals surface area contributed by atoms with Gasteiger partial charge >= 0.3 is 0 Å². The van der Waals surface area contributed by atoms with Gasteiger partial charge in [-0.15, -0.1) is 0 Å². The van der Waals surface area contributed by atoms with Crippen molar-refractivity contribution in [2.24, 2.45) is 0 Å². The van der Waals surface area contributed by atoms with Crippen molar-refractivity contribution in [3.63, 3.8) is 0 Å². The molecule has 0 bridgehead atoms. The molecule has 2 aromatic rings. The summed E-state index contributed by atoms with van der Waals surface area (Å²) in [6.07, 6.45) is 0. The summed E-state index contributed by atoms with van der Waals surface area (Å²) in [5, 5.41) is 12.3. The number of nitrogens with one attached hydrogen (secondary N) is 1. The van der Waals surface area contributed by atoms with Crippen molar-refractivity contribution >= 4 is 11.6 Å². The molecule has 0 aromatic heterocycles. The third kappa shape index (κ3) is 4.94. The summed E-state index contributed by atoms with van der Waals surface area (Å²) in [6.45, 7) is 8.74. The predicted octanol–water partition coefficient (Wildman–Crippen LogP) is 2.93. The second-order valence-electron chi connectivity index (χ2n) is 7.14. The molecule has 1 N–H and O–H groups in total.